The molecule has 0 saturated heterocycles. The first kappa shape index (κ1) is 17.2. The number of rotatable bonds is 3. The molecule has 1 amide bonds. The monoisotopic (exact) mass is 373 g/mol. The van der Waals surface area contributed by atoms with E-state index in [-0.39, 0.29) is 6.61 Å². The predicted molar refractivity (Wildman–Crippen MR) is 95.8 cm³/mol. The molecule has 0 unspecified atom stereocenters. The summed E-state index contributed by atoms with van der Waals surface area (Å²) in [6, 6.07) is 16.3. The molecular weight excluding hydrogens is 361 g/mol. The number of carbonyl (C=O) groups is 1. The van der Waals surface area contributed by atoms with Gasteiger partial charge in [-0.15, -0.1) is 0 Å². The Balaban J connectivity index is 1.67. The highest BCUT2D eigenvalue weighted by Gasteiger charge is 2.05. The van der Waals surface area contributed by atoms with Crippen molar-refractivity contribution in [1.82, 2.24) is 9.78 Å². The number of halogens is 2. The van der Waals surface area contributed by atoms with Crippen molar-refractivity contribution in [2.45, 2.75) is 6.61 Å². The molecule has 0 saturated carbocycles. The van der Waals surface area contributed by atoms with Crippen molar-refractivity contribution < 1.29 is 9.53 Å². The van der Waals surface area contributed by atoms with Crippen molar-refractivity contribution in [3.63, 3.8) is 0 Å². The van der Waals surface area contributed by atoms with Crippen LogP contribution in [-0.4, -0.2) is 15.9 Å². The molecule has 25 heavy (non-hydrogen) atoms. The number of benzene rings is 2. The first-order chi connectivity index (χ1) is 12.1. The zero-order valence-electron chi connectivity index (χ0n) is 13.0. The molecule has 0 aliphatic rings. The molecule has 126 valence electrons. The van der Waals surface area contributed by atoms with Gasteiger partial charge in [0.25, 0.3) is 0 Å². The Morgan fingerprint density at radius 3 is 2.60 bits per heavy atom. The second-order valence-corrected chi connectivity index (χ2v) is 5.91. The number of para-hydroxylation sites is 1. The highest BCUT2D eigenvalue weighted by atomic mass is 35.5. The summed E-state index contributed by atoms with van der Waals surface area (Å²) in [4.78, 5) is 15.7. The van der Waals surface area contributed by atoms with Gasteiger partial charge in [0.2, 0.25) is 0 Å². The summed E-state index contributed by atoms with van der Waals surface area (Å²) in [5.74, 6) is 0. The molecule has 0 spiro atoms. The maximum absolute atomic E-state index is 11.8. The summed E-state index contributed by atoms with van der Waals surface area (Å²) >= 11 is 11.9. The number of carbonyl (C=O) groups excluding carboxylic acids is 1. The van der Waals surface area contributed by atoms with Gasteiger partial charge in [-0.05, 0) is 30.3 Å². The molecule has 0 N–H and O–H groups in total. The summed E-state index contributed by atoms with van der Waals surface area (Å²) in [5, 5.41) is 5.58. The van der Waals surface area contributed by atoms with Crippen molar-refractivity contribution in [3.8, 4) is 5.69 Å². The van der Waals surface area contributed by atoms with E-state index >= 15 is 0 Å². The normalized spacial score (nSPS) is 11.4. The molecule has 5 nitrogen and oxygen atoms in total. The minimum absolute atomic E-state index is 0.0165. The lowest BCUT2D eigenvalue weighted by Crippen LogP contribution is -2.12. The van der Waals surface area contributed by atoms with Crippen LogP contribution in [0.4, 0.5) is 4.79 Å². The minimum atomic E-state index is -0.717. The molecular formula is C18H13Cl2N3O2. The van der Waals surface area contributed by atoms with Gasteiger partial charge < -0.3 is 4.74 Å². The van der Waals surface area contributed by atoms with Gasteiger partial charge in [0.05, 0.1) is 17.2 Å². The van der Waals surface area contributed by atoms with E-state index in [4.69, 9.17) is 27.9 Å². The van der Waals surface area contributed by atoms with E-state index in [0.29, 0.717) is 21.0 Å². The highest BCUT2D eigenvalue weighted by Crippen LogP contribution is 2.21. The molecule has 0 aliphatic heterocycles. The van der Waals surface area contributed by atoms with E-state index in [1.807, 2.05) is 30.3 Å². The lowest BCUT2D eigenvalue weighted by atomic mass is 10.2. The van der Waals surface area contributed by atoms with Gasteiger partial charge in [-0.3, -0.25) is 0 Å². The zero-order valence-corrected chi connectivity index (χ0v) is 14.5. The molecule has 7 heteroatoms. The largest absolute Gasteiger partial charge is 0.443 e. The third-order valence-electron chi connectivity index (χ3n) is 3.31. The number of hydrogen-bond donors (Lipinski definition) is 0. The molecule has 3 rings (SSSR count). The van der Waals surface area contributed by atoms with Crippen LogP contribution in [0.3, 0.4) is 0 Å². The van der Waals surface area contributed by atoms with Crippen LogP contribution < -0.4 is 5.36 Å². The van der Waals surface area contributed by atoms with Gasteiger partial charge in [0.1, 0.15) is 6.61 Å². The average Bonchev–Trinajstić information content (AvgIpc) is 2.62. The lowest BCUT2D eigenvalue weighted by Gasteiger charge is -2.05. The Morgan fingerprint density at radius 2 is 1.92 bits per heavy atom. The number of aromatic nitrogens is 2. The molecule has 0 aliphatic carbocycles. The molecule has 1 heterocycles. The third-order valence-corrected chi connectivity index (χ3v) is 3.90. The van der Waals surface area contributed by atoms with Crippen LogP contribution in [0, 0.1) is 0 Å². The van der Waals surface area contributed by atoms with Gasteiger partial charge >= 0.3 is 6.09 Å². The van der Waals surface area contributed by atoms with E-state index in [1.54, 1.807) is 35.1 Å². The van der Waals surface area contributed by atoms with E-state index in [9.17, 15) is 4.79 Å². The average molecular weight is 374 g/mol. The van der Waals surface area contributed by atoms with Crippen LogP contribution in [0.25, 0.3) is 5.69 Å². The first-order valence-electron chi connectivity index (χ1n) is 7.38. The fraction of sp³-hybridized carbons (Fsp3) is 0.0556. The fourth-order valence-corrected chi connectivity index (χ4v) is 2.53. The number of amides is 1. The van der Waals surface area contributed by atoms with E-state index in [1.165, 1.54) is 6.20 Å². The number of hydrogen-bond acceptors (Lipinski definition) is 3. The topological polar surface area (TPSA) is 56.5 Å². The zero-order chi connectivity index (χ0) is 17.6. The Bertz CT molecular complexity index is 936. The maximum Gasteiger partial charge on any atom is 0.434 e. The molecule has 0 radical (unpaired) electrons. The SMILES string of the molecule is O=C(/N=c1\ccn(-c2ccccc2)nc1)OCc1ccc(Cl)cc1Cl. The fourth-order valence-electron chi connectivity index (χ4n) is 2.07. The summed E-state index contributed by atoms with van der Waals surface area (Å²) in [5.41, 5.74) is 1.57. The van der Waals surface area contributed by atoms with Crippen LogP contribution in [0.2, 0.25) is 10.0 Å². The summed E-state index contributed by atoms with van der Waals surface area (Å²) in [7, 11) is 0. The summed E-state index contributed by atoms with van der Waals surface area (Å²) < 4.78 is 6.78. The van der Waals surface area contributed by atoms with Crippen molar-refractivity contribution in [1.29, 1.82) is 0 Å². The number of nitrogens with zero attached hydrogens (tertiary/aromatic N) is 3. The standard InChI is InChI=1S/C18H13Cl2N3O2/c19-14-7-6-13(17(20)10-14)12-25-18(24)22-15-8-9-23(21-11-15)16-4-2-1-3-5-16/h1-11H,12H2/b22-15+. The van der Waals surface area contributed by atoms with E-state index in [2.05, 4.69) is 10.1 Å². The number of ether oxygens (including phenoxy) is 1. The van der Waals surface area contributed by atoms with Gasteiger partial charge in [0.15, 0.2) is 0 Å². The van der Waals surface area contributed by atoms with E-state index in [0.717, 1.165) is 5.69 Å². The van der Waals surface area contributed by atoms with Crippen molar-refractivity contribution in [2.24, 2.45) is 4.99 Å². The van der Waals surface area contributed by atoms with Gasteiger partial charge in [-0.1, -0.05) is 47.5 Å². The molecule has 2 aromatic carbocycles. The molecule has 3 aromatic rings. The third kappa shape index (κ3) is 4.68. The molecule has 0 bridgehead atoms. The Hall–Kier alpha value is -2.63. The molecule has 0 fully saturated rings. The second-order valence-electron chi connectivity index (χ2n) is 5.07. The molecule has 1 aromatic heterocycles. The Labute approximate surface area is 154 Å². The lowest BCUT2D eigenvalue weighted by molar-refractivity contribution is 0.150. The minimum Gasteiger partial charge on any atom is -0.443 e. The van der Waals surface area contributed by atoms with Crippen LogP contribution in [-0.2, 0) is 11.3 Å². The molecule has 0 atom stereocenters. The van der Waals surface area contributed by atoms with Crippen LogP contribution in [0.1, 0.15) is 5.56 Å². The van der Waals surface area contributed by atoms with Gasteiger partial charge in [-0.2, -0.15) is 10.1 Å². The first-order valence-corrected chi connectivity index (χ1v) is 8.13. The second kappa shape index (κ2) is 7.96. The Morgan fingerprint density at radius 1 is 1.12 bits per heavy atom. The highest BCUT2D eigenvalue weighted by molar-refractivity contribution is 6.35. The Kier molecular flexibility index (Phi) is 5.48. The summed E-state index contributed by atoms with van der Waals surface area (Å²) in [6.07, 6.45) is 2.49. The van der Waals surface area contributed by atoms with Crippen LogP contribution in [0.5, 0.6) is 0 Å². The van der Waals surface area contributed by atoms with E-state index < -0.39 is 6.09 Å². The van der Waals surface area contributed by atoms with Gasteiger partial charge in [0, 0.05) is 21.8 Å². The van der Waals surface area contributed by atoms with Crippen molar-refractivity contribution in [2.75, 3.05) is 0 Å². The summed E-state index contributed by atoms with van der Waals surface area (Å²) in [6.45, 7) is 0.0165. The maximum atomic E-state index is 11.8. The van der Waals surface area contributed by atoms with Crippen LogP contribution in [0.15, 0.2) is 72.0 Å². The predicted octanol–water partition coefficient (Wildman–Crippen LogP) is 4.42. The van der Waals surface area contributed by atoms with Crippen molar-refractivity contribution in [3.05, 3.63) is 88.0 Å². The van der Waals surface area contributed by atoms with Crippen molar-refractivity contribution >= 4 is 29.3 Å². The van der Waals surface area contributed by atoms with Crippen LogP contribution >= 0.6 is 23.2 Å². The quantitative estimate of drug-likeness (QED) is 0.682. The smallest absolute Gasteiger partial charge is 0.434 e. The van der Waals surface area contributed by atoms with Gasteiger partial charge in [-0.25, -0.2) is 9.48 Å².